The number of benzene rings is 1. The van der Waals surface area contributed by atoms with Gasteiger partial charge in [0.2, 0.25) is 0 Å². The van der Waals surface area contributed by atoms with Crippen molar-refractivity contribution in [3.63, 3.8) is 0 Å². The number of carbonyl (C=O) groups excluding carboxylic acids is 1. The van der Waals surface area contributed by atoms with Crippen molar-refractivity contribution in [1.82, 2.24) is 15.1 Å². The highest BCUT2D eigenvalue weighted by molar-refractivity contribution is 5.93. The van der Waals surface area contributed by atoms with Crippen molar-refractivity contribution in [3.8, 4) is 0 Å². The maximum absolute atomic E-state index is 11.8. The summed E-state index contributed by atoms with van der Waals surface area (Å²) in [5.74, 6) is 0.717. The molecule has 0 unspecified atom stereocenters. The summed E-state index contributed by atoms with van der Waals surface area (Å²) in [6.07, 6.45) is 2.06. The summed E-state index contributed by atoms with van der Waals surface area (Å²) in [7, 11) is 0. The number of hydrogen-bond acceptors (Lipinski definition) is 4. The zero-order valence-corrected chi connectivity index (χ0v) is 16.7. The first-order valence-electron chi connectivity index (χ1n) is 10.3. The SMILES string of the molecule is CC(C)CCN1CCN(Cc2ccc(N3CCNC3=O)cc2)C[C@H]1CCO. The van der Waals surface area contributed by atoms with Crippen LogP contribution < -0.4 is 10.2 Å². The molecule has 2 amide bonds. The van der Waals surface area contributed by atoms with Crippen molar-refractivity contribution in [1.29, 1.82) is 0 Å². The lowest BCUT2D eigenvalue weighted by Gasteiger charge is -2.41. The number of rotatable bonds is 8. The topological polar surface area (TPSA) is 59.0 Å². The number of anilines is 1. The number of nitrogens with zero attached hydrogens (tertiary/aromatic N) is 3. The minimum atomic E-state index is -0.00730. The number of amides is 2. The van der Waals surface area contributed by atoms with Gasteiger partial charge in [-0.3, -0.25) is 14.7 Å². The van der Waals surface area contributed by atoms with E-state index < -0.39 is 0 Å². The van der Waals surface area contributed by atoms with Crippen LogP contribution >= 0.6 is 0 Å². The molecule has 6 nitrogen and oxygen atoms in total. The van der Waals surface area contributed by atoms with Gasteiger partial charge >= 0.3 is 6.03 Å². The fourth-order valence-corrected chi connectivity index (χ4v) is 4.00. The summed E-state index contributed by atoms with van der Waals surface area (Å²) < 4.78 is 0. The van der Waals surface area contributed by atoms with E-state index in [-0.39, 0.29) is 12.6 Å². The van der Waals surface area contributed by atoms with E-state index in [0.717, 1.165) is 51.4 Å². The smallest absolute Gasteiger partial charge is 0.321 e. The second kappa shape index (κ2) is 9.53. The van der Waals surface area contributed by atoms with Crippen LogP contribution in [0.3, 0.4) is 0 Å². The normalized spacial score (nSPS) is 21.9. The molecule has 0 aromatic heterocycles. The van der Waals surface area contributed by atoms with Crippen LogP contribution in [-0.4, -0.2) is 72.9 Å². The van der Waals surface area contributed by atoms with Crippen LogP contribution in [0.4, 0.5) is 10.5 Å². The molecule has 0 radical (unpaired) electrons. The summed E-state index contributed by atoms with van der Waals surface area (Å²) in [4.78, 5) is 18.6. The highest BCUT2D eigenvalue weighted by Gasteiger charge is 2.26. The Balaban J connectivity index is 1.55. The number of carbonyl (C=O) groups is 1. The predicted octanol–water partition coefficient (Wildman–Crippen LogP) is 2.13. The lowest BCUT2D eigenvalue weighted by atomic mass is 10.0. The molecule has 0 spiro atoms. The molecular weight excluding hydrogens is 340 g/mol. The van der Waals surface area contributed by atoms with Crippen molar-refractivity contribution in [2.75, 3.05) is 50.8 Å². The molecule has 2 aliphatic heterocycles. The Morgan fingerprint density at radius 2 is 1.96 bits per heavy atom. The molecule has 2 heterocycles. The minimum Gasteiger partial charge on any atom is -0.396 e. The summed E-state index contributed by atoms with van der Waals surface area (Å²) >= 11 is 0. The van der Waals surface area contributed by atoms with E-state index in [2.05, 4.69) is 41.1 Å². The largest absolute Gasteiger partial charge is 0.396 e. The average Bonchev–Trinajstić information content (AvgIpc) is 3.08. The van der Waals surface area contributed by atoms with E-state index in [4.69, 9.17) is 0 Å². The summed E-state index contributed by atoms with van der Waals surface area (Å²) in [6, 6.07) is 8.79. The van der Waals surface area contributed by atoms with Crippen LogP contribution in [0.2, 0.25) is 0 Å². The molecule has 6 heteroatoms. The molecule has 1 aromatic carbocycles. The zero-order valence-electron chi connectivity index (χ0n) is 16.7. The summed E-state index contributed by atoms with van der Waals surface area (Å²) in [6.45, 7) is 11.4. The molecule has 27 heavy (non-hydrogen) atoms. The van der Waals surface area contributed by atoms with Gasteiger partial charge < -0.3 is 10.4 Å². The Kier molecular flexibility index (Phi) is 7.10. The van der Waals surface area contributed by atoms with Gasteiger partial charge in [0, 0.05) is 57.6 Å². The molecule has 3 rings (SSSR count). The second-order valence-electron chi connectivity index (χ2n) is 8.17. The van der Waals surface area contributed by atoms with Crippen molar-refractivity contribution >= 4 is 11.7 Å². The van der Waals surface area contributed by atoms with Crippen molar-refractivity contribution in [3.05, 3.63) is 29.8 Å². The molecule has 2 saturated heterocycles. The Morgan fingerprint density at radius 1 is 1.19 bits per heavy atom. The Hall–Kier alpha value is -1.63. The van der Waals surface area contributed by atoms with Gasteiger partial charge in [-0.15, -0.1) is 0 Å². The van der Waals surface area contributed by atoms with Crippen LogP contribution in [0.1, 0.15) is 32.3 Å². The van der Waals surface area contributed by atoms with Crippen LogP contribution in [0.5, 0.6) is 0 Å². The lowest BCUT2D eigenvalue weighted by Crippen LogP contribution is -2.53. The van der Waals surface area contributed by atoms with Gasteiger partial charge in [-0.25, -0.2) is 4.79 Å². The highest BCUT2D eigenvalue weighted by atomic mass is 16.3. The van der Waals surface area contributed by atoms with E-state index in [0.29, 0.717) is 18.5 Å². The molecule has 150 valence electrons. The summed E-state index contributed by atoms with van der Waals surface area (Å²) in [5.41, 5.74) is 2.24. The fraction of sp³-hybridized carbons (Fsp3) is 0.667. The van der Waals surface area contributed by atoms with E-state index >= 15 is 0 Å². The molecule has 0 saturated carbocycles. The van der Waals surface area contributed by atoms with Gasteiger partial charge in [0.05, 0.1) is 0 Å². The molecule has 2 fully saturated rings. The van der Waals surface area contributed by atoms with Gasteiger partial charge in [0.15, 0.2) is 0 Å². The maximum atomic E-state index is 11.8. The quantitative estimate of drug-likeness (QED) is 0.732. The van der Waals surface area contributed by atoms with E-state index in [1.165, 1.54) is 12.0 Å². The monoisotopic (exact) mass is 374 g/mol. The number of piperazine rings is 1. The molecule has 2 N–H and O–H groups in total. The van der Waals surface area contributed by atoms with Crippen LogP contribution in [0.15, 0.2) is 24.3 Å². The zero-order chi connectivity index (χ0) is 19.2. The van der Waals surface area contributed by atoms with Crippen molar-refractivity contribution in [2.45, 2.75) is 39.3 Å². The Labute approximate surface area is 163 Å². The third-order valence-electron chi connectivity index (χ3n) is 5.66. The van der Waals surface area contributed by atoms with Gasteiger partial charge in [-0.05, 0) is 43.0 Å². The molecule has 1 atom stereocenters. The van der Waals surface area contributed by atoms with E-state index in [9.17, 15) is 9.90 Å². The van der Waals surface area contributed by atoms with Gasteiger partial charge in [-0.2, -0.15) is 0 Å². The van der Waals surface area contributed by atoms with Gasteiger partial charge in [-0.1, -0.05) is 26.0 Å². The molecule has 1 aromatic rings. The maximum Gasteiger partial charge on any atom is 0.321 e. The molecule has 0 aliphatic carbocycles. The third kappa shape index (κ3) is 5.43. The van der Waals surface area contributed by atoms with E-state index in [1.54, 1.807) is 4.90 Å². The molecule has 0 bridgehead atoms. The first kappa shape index (κ1) is 20.1. The second-order valence-corrected chi connectivity index (χ2v) is 8.17. The highest BCUT2D eigenvalue weighted by Crippen LogP contribution is 2.20. The average molecular weight is 375 g/mol. The number of hydrogen-bond donors (Lipinski definition) is 2. The van der Waals surface area contributed by atoms with Gasteiger partial charge in [0.1, 0.15) is 0 Å². The Bertz CT molecular complexity index is 605. The third-order valence-corrected chi connectivity index (χ3v) is 5.66. The number of urea groups is 1. The number of aliphatic hydroxyl groups excluding tert-OH is 1. The van der Waals surface area contributed by atoms with Crippen molar-refractivity contribution in [2.24, 2.45) is 5.92 Å². The molecule has 2 aliphatic rings. The number of aliphatic hydroxyl groups is 1. The minimum absolute atomic E-state index is 0.00730. The van der Waals surface area contributed by atoms with Gasteiger partial charge in [0.25, 0.3) is 0 Å². The van der Waals surface area contributed by atoms with E-state index in [1.807, 2.05) is 12.1 Å². The van der Waals surface area contributed by atoms with Crippen molar-refractivity contribution < 1.29 is 9.90 Å². The van der Waals surface area contributed by atoms with Crippen LogP contribution in [0, 0.1) is 5.92 Å². The lowest BCUT2D eigenvalue weighted by molar-refractivity contribution is 0.0524. The number of nitrogens with one attached hydrogen (secondary N) is 1. The van der Waals surface area contributed by atoms with Crippen LogP contribution in [0.25, 0.3) is 0 Å². The Morgan fingerprint density at radius 3 is 2.59 bits per heavy atom. The molecular formula is C21H34N4O2. The van der Waals surface area contributed by atoms with Crippen LogP contribution in [-0.2, 0) is 6.54 Å². The standard InChI is InChI=1S/C21H34N4O2/c1-17(2)7-10-24-13-12-23(16-20(24)8-14-26)15-18-3-5-19(6-4-18)25-11-9-22-21(25)27/h3-6,17,20,26H,7-16H2,1-2H3,(H,22,27)/t20-/m1/s1. The predicted molar refractivity (Wildman–Crippen MR) is 109 cm³/mol. The first-order valence-corrected chi connectivity index (χ1v) is 10.3. The summed E-state index contributed by atoms with van der Waals surface area (Å²) in [5, 5.41) is 12.3. The first-order chi connectivity index (χ1) is 13.1. The fourth-order valence-electron chi connectivity index (χ4n) is 4.00.